The Labute approximate surface area is 401 Å². The molecule has 64 heavy (non-hydrogen) atoms. The van der Waals surface area contributed by atoms with Crippen molar-refractivity contribution in [1.82, 2.24) is 19.6 Å². The second kappa shape index (κ2) is 30.0. The Morgan fingerprint density at radius 2 is 0.953 bits per heavy atom. The molecule has 6 rings (SSSR count). The summed E-state index contributed by atoms with van der Waals surface area (Å²) in [5, 5.41) is 19.5. The predicted molar refractivity (Wildman–Crippen MR) is 257 cm³/mol. The molecule has 2 unspecified atom stereocenters. The van der Waals surface area contributed by atoms with Gasteiger partial charge >= 0.3 is 11.9 Å². The second-order valence-electron chi connectivity index (χ2n) is 15.6. The molecule has 0 bridgehead atoms. The zero-order chi connectivity index (χ0) is 44.1. The summed E-state index contributed by atoms with van der Waals surface area (Å²) in [7, 11) is 0. The lowest BCUT2D eigenvalue weighted by Gasteiger charge is -2.39. The highest BCUT2D eigenvalue weighted by molar-refractivity contribution is 6.30. The third-order valence-electron chi connectivity index (χ3n) is 10.8. The number of aliphatic hydroxyl groups excluding tert-OH is 2. The third kappa shape index (κ3) is 18.9. The summed E-state index contributed by atoms with van der Waals surface area (Å²) in [6, 6.07) is 37.7. The van der Waals surface area contributed by atoms with Crippen LogP contribution in [0.1, 0.15) is 48.2 Å². The molecule has 2 heterocycles. The van der Waals surface area contributed by atoms with Crippen molar-refractivity contribution in [2.75, 3.05) is 105 Å². The number of esters is 2. The molecule has 2 aliphatic heterocycles. The number of piperazine rings is 2. The van der Waals surface area contributed by atoms with Crippen LogP contribution in [0.25, 0.3) is 0 Å². The van der Waals surface area contributed by atoms with E-state index in [1.165, 1.54) is 22.3 Å². The van der Waals surface area contributed by atoms with Crippen LogP contribution in [-0.4, -0.2) is 159 Å². The van der Waals surface area contributed by atoms with E-state index in [0.29, 0.717) is 13.2 Å². The molecular formula is C48H64Cl4N4O8. The van der Waals surface area contributed by atoms with Crippen molar-refractivity contribution in [3.05, 3.63) is 141 Å². The SMILES string of the molecule is CC(CO)OC(=O)COCCN1CCN([C@H](c2ccccc2)c2ccc(Cl)cc2)CC1.CC(O)COC(=O)COCCN1CCN([C@H](c2ccccc2)c2ccc(Cl)cc2)CC1.Cl.Cl. The maximum absolute atomic E-state index is 11.6. The Morgan fingerprint density at radius 1 is 0.578 bits per heavy atom. The first kappa shape index (κ1) is 55.0. The van der Waals surface area contributed by atoms with Crippen molar-refractivity contribution in [2.45, 2.75) is 38.1 Å². The van der Waals surface area contributed by atoms with E-state index in [4.69, 9.17) is 52.4 Å². The summed E-state index contributed by atoms with van der Waals surface area (Å²) >= 11 is 12.2. The monoisotopic (exact) mass is 964 g/mol. The number of carbonyl (C=O) groups is 2. The van der Waals surface area contributed by atoms with Crippen molar-refractivity contribution in [2.24, 2.45) is 0 Å². The van der Waals surface area contributed by atoms with E-state index >= 15 is 0 Å². The van der Waals surface area contributed by atoms with Gasteiger partial charge in [-0.3, -0.25) is 19.6 Å². The van der Waals surface area contributed by atoms with Crippen molar-refractivity contribution in [1.29, 1.82) is 0 Å². The van der Waals surface area contributed by atoms with Gasteiger partial charge < -0.3 is 29.2 Å². The molecule has 0 saturated carbocycles. The number of hydrogen-bond donors (Lipinski definition) is 2. The lowest BCUT2D eigenvalue weighted by molar-refractivity contribution is -0.155. The van der Waals surface area contributed by atoms with Crippen molar-refractivity contribution in [3.63, 3.8) is 0 Å². The van der Waals surface area contributed by atoms with Gasteiger partial charge in [0, 0.05) is 75.5 Å². The standard InChI is InChI=1S/2C24H31ClN2O4.2ClH/c1-19(28)17-31-23(29)18-30-16-15-26-11-13-27(14-12-26)24(20-5-3-2-4-6-20)21-7-9-22(25)10-8-21;1-19(17-28)31-23(29)18-30-16-15-26-11-13-27(14-12-26)24(20-5-3-2-4-6-20)21-7-9-22(25)10-8-21;;/h2*2-10,19,24,28H,11-18H2,1H3;2*1H/t2*19?,24-;;/m11../s1. The molecule has 4 aromatic carbocycles. The zero-order valence-electron chi connectivity index (χ0n) is 36.7. The minimum absolute atomic E-state index is 0. The number of aliphatic hydroxyl groups is 2. The number of halogens is 4. The average Bonchev–Trinajstić information content (AvgIpc) is 3.29. The van der Waals surface area contributed by atoms with Gasteiger partial charge in [0.25, 0.3) is 0 Å². The van der Waals surface area contributed by atoms with E-state index in [1.807, 2.05) is 36.4 Å². The Morgan fingerprint density at radius 3 is 1.33 bits per heavy atom. The van der Waals surface area contributed by atoms with Crippen LogP contribution in [0.15, 0.2) is 109 Å². The van der Waals surface area contributed by atoms with Gasteiger partial charge in [-0.15, -0.1) is 24.8 Å². The van der Waals surface area contributed by atoms with E-state index < -0.39 is 24.1 Å². The molecule has 2 aliphatic rings. The van der Waals surface area contributed by atoms with Gasteiger partial charge in [0.15, 0.2) is 0 Å². The molecule has 2 N–H and O–H groups in total. The summed E-state index contributed by atoms with van der Waals surface area (Å²) in [6.07, 6.45) is -1.16. The molecule has 352 valence electrons. The molecular weight excluding hydrogens is 902 g/mol. The summed E-state index contributed by atoms with van der Waals surface area (Å²) in [5.41, 5.74) is 5.03. The van der Waals surface area contributed by atoms with Crippen LogP contribution >= 0.6 is 48.0 Å². The minimum atomic E-state index is -0.659. The fourth-order valence-electron chi connectivity index (χ4n) is 7.53. The Hall–Kier alpha value is -3.34. The normalized spacial score (nSPS) is 16.7. The van der Waals surface area contributed by atoms with E-state index in [9.17, 15) is 9.59 Å². The lowest BCUT2D eigenvalue weighted by Crippen LogP contribution is -2.48. The van der Waals surface area contributed by atoms with E-state index in [2.05, 4.69) is 92.4 Å². The summed E-state index contributed by atoms with van der Waals surface area (Å²) in [4.78, 5) is 32.8. The van der Waals surface area contributed by atoms with Crippen molar-refractivity contribution in [3.8, 4) is 0 Å². The molecule has 16 heteroatoms. The molecule has 0 amide bonds. The minimum Gasteiger partial charge on any atom is -0.461 e. The first-order valence-electron chi connectivity index (χ1n) is 21.4. The van der Waals surface area contributed by atoms with Crippen LogP contribution in [0.5, 0.6) is 0 Å². The molecule has 0 spiro atoms. The highest BCUT2D eigenvalue weighted by atomic mass is 35.5. The van der Waals surface area contributed by atoms with Crippen LogP contribution in [0.4, 0.5) is 0 Å². The highest BCUT2D eigenvalue weighted by Crippen LogP contribution is 2.32. The number of rotatable bonds is 20. The molecule has 0 aliphatic carbocycles. The summed E-state index contributed by atoms with van der Waals surface area (Å²) < 4.78 is 20.7. The van der Waals surface area contributed by atoms with Crippen LogP contribution in [0.3, 0.4) is 0 Å². The van der Waals surface area contributed by atoms with Crippen LogP contribution < -0.4 is 0 Å². The first-order chi connectivity index (χ1) is 30.1. The van der Waals surface area contributed by atoms with Crippen LogP contribution in [-0.2, 0) is 28.5 Å². The smallest absolute Gasteiger partial charge is 0.332 e. The van der Waals surface area contributed by atoms with Gasteiger partial charge in [0.05, 0.1) is 38.0 Å². The van der Waals surface area contributed by atoms with Gasteiger partial charge in [-0.05, 0) is 60.4 Å². The topological polar surface area (TPSA) is 124 Å². The Balaban J connectivity index is 0.000000330. The lowest BCUT2D eigenvalue weighted by atomic mass is 9.96. The predicted octanol–water partition coefficient (Wildman–Crippen LogP) is 6.82. The van der Waals surface area contributed by atoms with E-state index in [1.54, 1.807) is 13.8 Å². The van der Waals surface area contributed by atoms with E-state index in [-0.39, 0.29) is 63.3 Å². The number of nitrogens with zero attached hydrogens (tertiary/aromatic N) is 4. The molecule has 4 atom stereocenters. The number of ether oxygens (including phenoxy) is 4. The van der Waals surface area contributed by atoms with Gasteiger partial charge in [0.2, 0.25) is 0 Å². The molecule has 12 nitrogen and oxygen atoms in total. The van der Waals surface area contributed by atoms with Gasteiger partial charge in [-0.1, -0.05) is 108 Å². The fourth-order valence-corrected chi connectivity index (χ4v) is 7.78. The van der Waals surface area contributed by atoms with Crippen LogP contribution in [0.2, 0.25) is 10.0 Å². The molecule has 4 aromatic rings. The van der Waals surface area contributed by atoms with Crippen LogP contribution in [0, 0.1) is 0 Å². The molecule has 0 aromatic heterocycles. The van der Waals surface area contributed by atoms with E-state index in [0.717, 1.165) is 75.5 Å². The quantitative estimate of drug-likeness (QED) is 0.0714. The third-order valence-corrected chi connectivity index (χ3v) is 11.3. The number of carbonyl (C=O) groups excluding carboxylic acids is 2. The van der Waals surface area contributed by atoms with Gasteiger partial charge in [0.1, 0.15) is 25.9 Å². The maximum Gasteiger partial charge on any atom is 0.332 e. The fraction of sp³-hybridized carbons (Fsp3) is 0.458. The molecule has 0 radical (unpaired) electrons. The van der Waals surface area contributed by atoms with Crippen molar-refractivity contribution >= 4 is 60.0 Å². The van der Waals surface area contributed by atoms with Gasteiger partial charge in [-0.25, -0.2) is 9.59 Å². The first-order valence-corrected chi connectivity index (χ1v) is 22.2. The van der Waals surface area contributed by atoms with Crippen molar-refractivity contribution < 1.29 is 38.7 Å². The Kier molecular flexibility index (Phi) is 25.8. The molecule has 2 saturated heterocycles. The zero-order valence-corrected chi connectivity index (χ0v) is 39.9. The molecule has 2 fully saturated rings. The number of hydrogen-bond acceptors (Lipinski definition) is 12. The maximum atomic E-state index is 11.6. The van der Waals surface area contributed by atoms with Gasteiger partial charge in [-0.2, -0.15) is 0 Å². The average molecular weight is 967 g/mol. The largest absolute Gasteiger partial charge is 0.461 e. The number of benzene rings is 4. The summed E-state index contributed by atoms with van der Waals surface area (Å²) in [6.45, 7) is 12.9. The summed E-state index contributed by atoms with van der Waals surface area (Å²) in [5.74, 6) is -0.889. The second-order valence-corrected chi connectivity index (χ2v) is 16.5. The Bertz CT molecular complexity index is 1870. The highest BCUT2D eigenvalue weighted by Gasteiger charge is 2.28.